The maximum atomic E-state index is 5.53. The molecule has 1 aliphatic heterocycles. The number of ether oxygens (including phenoxy) is 1. The molecule has 1 atom stereocenters. The number of hydrogen-bond donors (Lipinski definition) is 1. The second-order valence-corrected chi connectivity index (χ2v) is 6.03. The first-order valence-electron chi connectivity index (χ1n) is 7.19. The van der Waals surface area contributed by atoms with Crippen LogP contribution in [0.25, 0.3) is 0 Å². The molecule has 0 bridgehead atoms. The van der Waals surface area contributed by atoms with Gasteiger partial charge in [0.25, 0.3) is 0 Å². The number of hydrogen-bond acceptors (Lipinski definition) is 3. The highest BCUT2D eigenvalue weighted by atomic mass is 16.5. The van der Waals surface area contributed by atoms with Crippen molar-refractivity contribution in [2.45, 2.75) is 44.6 Å². The topological polar surface area (TPSA) is 24.5 Å². The van der Waals surface area contributed by atoms with Gasteiger partial charge in [0.1, 0.15) is 0 Å². The fraction of sp³-hybridized carbons (Fsp3) is 1.00. The van der Waals surface area contributed by atoms with Crippen molar-refractivity contribution >= 4 is 0 Å². The smallest absolute Gasteiger partial charge is 0.0471 e. The van der Waals surface area contributed by atoms with Gasteiger partial charge in [-0.1, -0.05) is 6.42 Å². The van der Waals surface area contributed by atoms with Crippen LogP contribution in [0, 0.1) is 5.41 Å². The van der Waals surface area contributed by atoms with Gasteiger partial charge >= 0.3 is 0 Å². The summed E-state index contributed by atoms with van der Waals surface area (Å²) in [5.74, 6) is 0. The Balaban J connectivity index is 1.75. The van der Waals surface area contributed by atoms with E-state index in [2.05, 4.69) is 24.3 Å². The normalized spacial score (nSPS) is 28.1. The predicted molar refractivity (Wildman–Crippen MR) is 71.3 cm³/mol. The highest BCUT2D eigenvalue weighted by Crippen LogP contribution is 2.45. The van der Waals surface area contributed by atoms with Crippen molar-refractivity contribution in [2.75, 3.05) is 40.4 Å². The molecule has 1 aliphatic carbocycles. The van der Waals surface area contributed by atoms with Crippen LogP contribution in [0.3, 0.4) is 0 Å². The van der Waals surface area contributed by atoms with E-state index in [1.807, 2.05) is 0 Å². The third kappa shape index (κ3) is 3.43. The lowest BCUT2D eigenvalue weighted by molar-refractivity contribution is 0.00442. The molecule has 0 amide bonds. The van der Waals surface area contributed by atoms with Gasteiger partial charge < -0.3 is 15.0 Å². The number of nitrogens with one attached hydrogen (secondary N) is 1. The first-order chi connectivity index (χ1) is 8.23. The molecule has 1 heterocycles. The summed E-state index contributed by atoms with van der Waals surface area (Å²) in [6, 6.07) is 0.758. The average molecular weight is 240 g/mol. The molecule has 1 saturated heterocycles. The fourth-order valence-corrected chi connectivity index (χ4v) is 3.51. The Morgan fingerprint density at radius 3 is 2.71 bits per heavy atom. The van der Waals surface area contributed by atoms with Gasteiger partial charge in [-0.15, -0.1) is 0 Å². The Bertz CT molecular complexity index is 224. The Hall–Kier alpha value is -0.120. The van der Waals surface area contributed by atoms with Crippen molar-refractivity contribution in [3.63, 3.8) is 0 Å². The summed E-state index contributed by atoms with van der Waals surface area (Å²) in [5.41, 5.74) is 0.580. The van der Waals surface area contributed by atoms with Crippen LogP contribution in [0.2, 0.25) is 0 Å². The van der Waals surface area contributed by atoms with Gasteiger partial charge in [-0.25, -0.2) is 0 Å². The third-order valence-electron chi connectivity index (χ3n) is 4.57. The summed E-state index contributed by atoms with van der Waals surface area (Å²) < 4.78 is 5.53. The number of nitrogens with zero attached hydrogens (tertiary/aromatic N) is 1. The minimum atomic E-state index is 0.580. The first kappa shape index (κ1) is 13.3. The van der Waals surface area contributed by atoms with E-state index < -0.39 is 0 Å². The van der Waals surface area contributed by atoms with E-state index in [0.29, 0.717) is 5.41 Å². The largest absolute Gasteiger partial charge is 0.381 e. The minimum absolute atomic E-state index is 0.580. The van der Waals surface area contributed by atoms with Crippen LogP contribution >= 0.6 is 0 Å². The summed E-state index contributed by atoms with van der Waals surface area (Å²) in [7, 11) is 4.30. The van der Waals surface area contributed by atoms with Gasteiger partial charge in [0.2, 0.25) is 0 Å². The highest BCUT2D eigenvalue weighted by molar-refractivity contribution is 4.97. The Kier molecular flexibility index (Phi) is 4.83. The zero-order valence-electron chi connectivity index (χ0n) is 11.5. The van der Waals surface area contributed by atoms with E-state index >= 15 is 0 Å². The third-order valence-corrected chi connectivity index (χ3v) is 4.57. The van der Waals surface area contributed by atoms with Crippen molar-refractivity contribution in [3.05, 3.63) is 0 Å². The van der Waals surface area contributed by atoms with Gasteiger partial charge in [-0.05, 0) is 64.7 Å². The van der Waals surface area contributed by atoms with Crippen molar-refractivity contribution in [3.8, 4) is 0 Å². The second-order valence-electron chi connectivity index (χ2n) is 6.03. The van der Waals surface area contributed by atoms with Crippen molar-refractivity contribution < 1.29 is 4.74 Å². The second kappa shape index (κ2) is 6.17. The van der Waals surface area contributed by atoms with Crippen LogP contribution in [-0.2, 0) is 4.74 Å². The van der Waals surface area contributed by atoms with E-state index in [1.165, 1.54) is 51.6 Å². The van der Waals surface area contributed by atoms with Crippen LogP contribution < -0.4 is 5.32 Å². The molecule has 2 fully saturated rings. The summed E-state index contributed by atoms with van der Waals surface area (Å²) in [6.07, 6.45) is 8.02. The molecule has 1 saturated carbocycles. The summed E-state index contributed by atoms with van der Waals surface area (Å²) in [5, 5.41) is 3.82. The zero-order chi connectivity index (χ0) is 12.1. The summed E-state index contributed by atoms with van der Waals surface area (Å²) >= 11 is 0. The van der Waals surface area contributed by atoms with Gasteiger partial charge in [0, 0.05) is 19.3 Å². The Morgan fingerprint density at radius 2 is 2.00 bits per heavy atom. The summed E-state index contributed by atoms with van der Waals surface area (Å²) in [6.45, 7) is 4.33. The molecule has 17 heavy (non-hydrogen) atoms. The monoisotopic (exact) mass is 240 g/mol. The van der Waals surface area contributed by atoms with Gasteiger partial charge in [0.05, 0.1) is 0 Å². The lowest BCUT2D eigenvalue weighted by Crippen LogP contribution is -2.45. The highest BCUT2D eigenvalue weighted by Gasteiger charge is 2.43. The van der Waals surface area contributed by atoms with Gasteiger partial charge in [-0.3, -0.25) is 0 Å². The Morgan fingerprint density at radius 1 is 1.24 bits per heavy atom. The predicted octanol–water partition coefficient (Wildman–Crippen LogP) is 1.88. The molecule has 1 N–H and O–H groups in total. The molecule has 3 heteroatoms. The van der Waals surface area contributed by atoms with E-state index in [-0.39, 0.29) is 0 Å². The van der Waals surface area contributed by atoms with Crippen LogP contribution in [0.15, 0.2) is 0 Å². The maximum absolute atomic E-state index is 5.53. The molecule has 1 unspecified atom stereocenters. The molecule has 0 aromatic heterocycles. The van der Waals surface area contributed by atoms with Crippen LogP contribution in [0.5, 0.6) is 0 Å². The molecule has 100 valence electrons. The molecular weight excluding hydrogens is 212 g/mol. The molecule has 3 nitrogen and oxygen atoms in total. The SMILES string of the molecule is CN(C)CCCNC1CCCC12CCOCC2. The maximum Gasteiger partial charge on any atom is 0.0471 e. The number of rotatable bonds is 5. The fourth-order valence-electron chi connectivity index (χ4n) is 3.51. The quantitative estimate of drug-likeness (QED) is 0.743. The standard InChI is InChI=1S/C14H28N2O/c1-16(2)10-4-9-15-13-5-3-6-14(13)7-11-17-12-8-14/h13,15H,3-12H2,1-2H3. The Labute approximate surface area is 106 Å². The van der Waals surface area contributed by atoms with Crippen molar-refractivity contribution in [1.29, 1.82) is 0 Å². The van der Waals surface area contributed by atoms with Gasteiger partial charge in [-0.2, -0.15) is 0 Å². The molecule has 1 spiro atoms. The van der Waals surface area contributed by atoms with Crippen LogP contribution in [-0.4, -0.2) is 51.3 Å². The molecule has 0 aromatic carbocycles. The van der Waals surface area contributed by atoms with Crippen molar-refractivity contribution in [1.82, 2.24) is 10.2 Å². The molecule has 0 aromatic rings. The zero-order valence-corrected chi connectivity index (χ0v) is 11.5. The molecular formula is C14H28N2O. The minimum Gasteiger partial charge on any atom is -0.381 e. The summed E-state index contributed by atoms with van der Waals surface area (Å²) in [4.78, 5) is 2.26. The lowest BCUT2D eigenvalue weighted by atomic mass is 9.75. The first-order valence-corrected chi connectivity index (χ1v) is 7.19. The molecule has 2 aliphatic rings. The van der Waals surface area contributed by atoms with Crippen molar-refractivity contribution in [2.24, 2.45) is 5.41 Å². The van der Waals surface area contributed by atoms with E-state index in [4.69, 9.17) is 4.74 Å². The van der Waals surface area contributed by atoms with Crippen LogP contribution in [0.4, 0.5) is 0 Å². The van der Waals surface area contributed by atoms with Crippen LogP contribution in [0.1, 0.15) is 38.5 Å². The lowest BCUT2D eigenvalue weighted by Gasteiger charge is -2.39. The van der Waals surface area contributed by atoms with E-state index in [9.17, 15) is 0 Å². The van der Waals surface area contributed by atoms with E-state index in [1.54, 1.807) is 0 Å². The van der Waals surface area contributed by atoms with E-state index in [0.717, 1.165) is 19.3 Å². The average Bonchev–Trinajstić information content (AvgIpc) is 2.68. The van der Waals surface area contributed by atoms with Gasteiger partial charge in [0.15, 0.2) is 0 Å². The molecule has 0 radical (unpaired) electrons. The molecule has 2 rings (SSSR count).